The first-order chi connectivity index (χ1) is 19.2. The molecule has 0 bridgehead atoms. The molecule has 0 radical (unpaired) electrons. The number of hydrogen-bond acceptors (Lipinski definition) is 6. The fraction of sp³-hybridized carbons (Fsp3) is 0.515. The number of rotatable bonds is 8. The molecule has 7 nitrogen and oxygen atoms in total. The molecule has 1 amide bonds. The van der Waals surface area contributed by atoms with Crippen LogP contribution < -0.4 is 4.90 Å². The van der Waals surface area contributed by atoms with Gasteiger partial charge in [0, 0.05) is 76.1 Å². The van der Waals surface area contributed by atoms with Crippen molar-refractivity contribution in [2.24, 2.45) is 0 Å². The van der Waals surface area contributed by atoms with E-state index in [0.29, 0.717) is 19.0 Å². The van der Waals surface area contributed by atoms with Crippen LogP contribution in [0.5, 0.6) is 0 Å². The maximum Gasteiger partial charge on any atom is 0.254 e. The van der Waals surface area contributed by atoms with Gasteiger partial charge in [-0.05, 0) is 81.9 Å². The highest BCUT2D eigenvalue weighted by Gasteiger charge is 2.32. The standard InChI is InChI=1S/C33H45N5O2/c1-7-8-9-30(23(2)3)36-14-12-35(13-15-36)22-28-21-29(25(5)20-24(28)4)32(39)37-16-18-38(19-17-37)33-26(6)34-31(40-33)27-10-11-27/h7-9,20-21,27H,2,10-19,22H2,1,3-6H3/b8-7-,30-9+. The second-order valence-electron chi connectivity index (χ2n) is 11.7. The number of aryl methyl sites for hydroxylation is 3. The van der Waals surface area contributed by atoms with Crippen LogP contribution in [0.2, 0.25) is 0 Å². The Kier molecular flexibility index (Phi) is 8.50. The fourth-order valence-corrected chi connectivity index (χ4v) is 5.88. The number of nitrogens with zero attached hydrogens (tertiary/aromatic N) is 5. The summed E-state index contributed by atoms with van der Waals surface area (Å²) in [5.74, 6) is 2.41. The van der Waals surface area contributed by atoms with E-state index in [0.717, 1.165) is 80.0 Å². The van der Waals surface area contributed by atoms with E-state index < -0.39 is 0 Å². The van der Waals surface area contributed by atoms with Gasteiger partial charge in [0.2, 0.25) is 5.88 Å². The first-order valence-corrected chi connectivity index (χ1v) is 14.8. The Morgan fingerprint density at radius 3 is 2.30 bits per heavy atom. The molecular formula is C33H45N5O2. The highest BCUT2D eigenvalue weighted by molar-refractivity contribution is 5.96. The molecular weight excluding hydrogens is 498 g/mol. The number of hydrogen-bond donors (Lipinski definition) is 0. The van der Waals surface area contributed by atoms with Gasteiger partial charge in [0.25, 0.3) is 5.91 Å². The zero-order valence-electron chi connectivity index (χ0n) is 25.0. The van der Waals surface area contributed by atoms with Crippen molar-refractivity contribution in [3.05, 3.63) is 82.0 Å². The molecule has 2 aromatic rings. The minimum absolute atomic E-state index is 0.136. The van der Waals surface area contributed by atoms with Crippen LogP contribution >= 0.6 is 0 Å². The smallest absolute Gasteiger partial charge is 0.254 e. The Labute approximate surface area is 239 Å². The van der Waals surface area contributed by atoms with Crippen molar-refractivity contribution in [3.63, 3.8) is 0 Å². The second-order valence-corrected chi connectivity index (χ2v) is 11.7. The summed E-state index contributed by atoms with van der Waals surface area (Å²) in [5, 5.41) is 0. The lowest BCUT2D eigenvalue weighted by Gasteiger charge is -2.38. The van der Waals surface area contributed by atoms with Crippen LogP contribution in [-0.4, -0.2) is 77.9 Å². The third kappa shape index (κ3) is 6.20. The highest BCUT2D eigenvalue weighted by atomic mass is 16.4. The first kappa shape index (κ1) is 28.2. The number of benzene rings is 1. The zero-order valence-corrected chi connectivity index (χ0v) is 25.0. The molecule has 40 heavy (non-hydrogen) atoms. The molecule has 0 unspecified atom stereocenters. The summed E-state index contributed by atoms with van der Waals surface area (Å²) in [6, 6.07) is 4.34. The van der Waals surface area contributed by atoms with Crippen LogP contribution in [0.4, 0.5) is 5.88 Å². The van der Waals surface area contributed by atoms with E-state index in [1.54, 1.807) is 0 Å². The van der Waals surface area contributed by atoms with E-state index >= 15 is 0 Å². The van der Waals surface area contributed by atoms with Gasteiger partial charge in [-0.15, -0.1) is 0 Å². The van der Waals surface area contributed by atoms with Crippen LogP contribution in [0.1, 0.15) is 71.2 Å². The van der Waals surface area contributed by atoms with E-state index in [1.165, 1.54) is 29.7 Å². The number of carbonyl (C=O) groups excluding carboxylic acids is 1. The molecule has 5 rings (SSSR count). The third-order valence-corrected chi connectivity index (χ3v) is 8.47. The Bertz CT molecular complexity index is 1300. The topological polar surface area (TPSA) is 56.1 Å². The Hall–Kier alpha value is -3.32. The van der Waals surface area contributed by atoms with Crippen molar-refractivity contribution in [1.29, 1.82) is 0 Å². The van der Waals surface area contributed by atoms with Crippen molar-refractivity contribution in [1.82, 2.24) is 19.7 Å². The number of oxazole rings is 1. The average Bonchev–Trinajstić information content (AvgIpc) is 3.72. The van der Waals surface area contributed by atoms with E-state index in [-0.39, 0.29) is 5.91 Å². The van der Waals surface area contributed by atoms with Crippen molar-refractivity contribution >= 4 is 11.8 Å². The number of aromatic nitrogens is 1. The molecule has 1 aliphatic carbocycles. The molecule has 1 saturated carbocycles. The van der Waals surface area contributed by atoms with E-state index in [1.807, 2.05) is 18.7 Å². The molecule has 2 saturated heterocycles. The van der Waals surface area contributed by atoms with Gasteiger partial charge in [-0.3, -0.25) is 9.69 Å². The highest BCUT2D eigenvalue weighted by Crippen LogP contribution is 2.41. The Balaban J connectivity index is 1.20. The molecule has 0 atom stereocenters. The van der Waals surface area contributed by atoms with E-state index in [4.69, 9.17) is 4.42 Å². The van der Waals surface area contributed by atoms with E-state index in [9.17, 15) is 4.79 Å². The zero-order chi connectivity index (χ0) is 28.4. The predicted molar refractivity (Wildman–Crippen MR) is 162 cm³/mol. The van der Waals surface area contributed by atoms with Gasteiger partial charge in [0.05, 0.1) is 0 Å². The molecule has 2 aliphatic heterocycles. The van der Waals surface area contributed by atoms with Gasteiger partial charge in [-0.25, -0.2) is 4.98 Å². The molecule has 214 valence electrons. The summed E-state index contributed by atoms with van der Waals surface area (Å²) >= 11 is 0. The molecule has 1 aromatic heterocycles. The summed E-state index contributed by atoms with van der Waals surface area (Å²) in [7, 11) is 0. The molecule has 0 N–H and O–H groups in total. The lowest BCUT2D eigenvalue weighted by atomic mass is 9.98. The summed E-state index contributed by atoms with van der Waals surface area (Å²) in [5.41, 5.74) is 7.67. The summed E-state index contributed by atoms with van der Waals surface area (Å²) in [6.45, 7) is 22.3. The first-order valence-electron chi connectivity index (χ1n) is 14.8. The van der Waals surface area contributed by atoms with Crippen LogP contribution in [0.3, 0.4) is 0 Å². The van der Waals surface area contributed by atoms with Crippen LogP contribution in [0.15, 0.2) is 52.6 Å². The normalized spacial score (nSPS) is 19.1. The fourth-order valence-electron chi connectivity index (χ4n) is 5.88. The second kappa shape index (κ2) is 12.0. The van der Waals surface area contributed by atoms with Gasteiger partial charge in [-0.2, -0.15) is 0 Å². The molecule has 3 aliphatic rings. The van der Waals surface area contributed by atoms with E-state index in [2.05, 4.69) is 77.4 Å². The van der Waals surface area contributed by atoms with Gasteiger partial charge in [0.15, 0.2) is 5.89 Å². The minimum Gasteiger partial charge on any atom is -0.425 e. The lowest BCUT2D eigenvalue weighted by molar-refractivity contribution is 0.0744. The summed E-state index contributed by atoms with van der Waals surface area (Å²) < 4.78 is 6.12. The maximum atomic E-state index is 13.7. The number of carbonyl (C=O) groups is 1. The number of allylic oxidation sites excluding steroid dienone is 4. The SMILES string of the molecule is C=C(C)/C(=C\C=C/C)N1CCN(Cc2cc(C(=O)N3CCN(c4oc(C5CC5)nc4C)CC3)c(C)cc2C)CC1. The summed E-state index contributed by atoms with van der Waals surface area (Å²) in [4.78, 5) is 27.5. The van der Waals surface area contributed by atoms with Crippen molar-refractivity contribution in [3.8, 4) is 0 Å². The Morgan fingerprint density at radius 1 is 1.00 bits per heavy atom. The molecule has 1 aromatic carbocycles. The minimum atomic E-state index is 0.136. The monoisotopic (exact) mass is 543 g/mol. The van der Waals surface area contributed by atoms with Crippen LogP contribution in [0, 0.1) is 20.8 Å². The maximum absolute atomic E-state index is 13.7. The van der Waals surface area contributed by atoms with Gasteiger partial charge in [0.1, 0.15) is 5.69 Å². The molecule has 3 fully saturated rings. The third-order valence-electron chi connectivity index (χ3n) is 8.47. The number of anilines is 1. The van der Waals surface area contributed by atoms with Gasteiger partial charge < -0.3 is 19.1 Å². The molecule has 3 heterocycles. The van der Waals surface area contributed by atoms with Gasteiger partial charge >= 0.3 is 0 Å². The van der Waals surface area contributed by atoms with Crippen LogP contribution in [-0.2, 0) is 6.54 Å². The van der Waals surface area contributed by atoms with Crippen molar-refractivity contribution < 1.29 is 9.21 Å². The average molecular weight is 544 g/mol. The molecule has 0 spiro atoms. The Morgan fingerprint density at radius 2 is 1.68 bits per heavy atom. The largest absolute Gasteiger partial charge is 0.425 e. The van der Waals surface area contributed by atoms with Crippen molar-refractivity contribution in [2.75, 3.05) is 57.3 Å². The van der Waals surface area contributed by atoms with Gasteiger partial charge in [-0.1, -0.05) is 24.8 Å². The lowest BCUT2D eigenvalue weighted by Crippen LogP contribution is -2.49. The quantitative estimate of drug-likeness (QED) is 0.405. The molecule has 7 heteroatoms. The number of amides is 1. The van der Waals surface area contributed by atoms with Crippen LogP contribution in [0.25, 0.3) is 0 Å². The summed E-state index contributed by atoms with van der Waals surface area (Å²) in [6.07, 6.45) is 8.67. The predicted octanol–water partition coefficient (Wildman–Crippen LogP) is 5.59. The van der Waals surface area contributed by atoms with Crippen molar-refractivity contribution in [2.45, 2.75) is 59.9 Å². The number of piperazine rings is 2.